The van der Waals surface area contributed by atoms with E-state index in [4.69, 9.17) is 10.5 Å². The summed E-state index contributed by atoms with van der Waals surface area (Å²) in [6.45, 7) is 1.01. The van der Waals surface area contributed by atoms with E-state index in [1.165, 1.54) is 19.3 Å². The molecule has 0 aliphatic heterocycles. The number of unbranched alkanes of at least 4 members (excludes halogenated alkanes) is 1. The smallest absolute Gasteiger partial charge is 0.312 e. The summed E-state index contributed by atoms with van der Waals surface area (Å²) in [6, 6.07) is 4.27. The maximum atomic E-state index is 11.6. The summed E-state index contributed by atoms with van der Waals surface area (Å²) in [5.74, 6) is 0.188. The first-order valence-electron chi connectivity index (χ1n) is 6.89. The van der Waals surface area contributed by atoms with Gasteiger partial charge in [-0.3, -0.25) is 4.79 Å². The molecule has 0 unspecified atom stereocenters. The number of nitrogens with two attached hydrogens (primary N) is 1. The van der Waals surface area contributed by atoms with Crippen LogP contribution in [0.5, 0.6) is 11.5 Å². The molecule has 0 aromatic heterocycles. The molecule has 0 aliphatic carbocycles. The van der Waals surface area contributed by atoms with E-state index in [0.29, 0.717) is 18.8 Å². The number of benzene rings is 1. The summed E-state index contributed by atoms with van der Waals surface area (Å²) in [6.07, 6.45) is 4.52. The van der Waals surface area contributed by atoms with Crippen molar-refractivity contribution in [1.82, 2.24) is 10.6 Å². The predicted octanol–water partition coefficient (Wildman–Crippen LogP) is 0.979. The van der Waals surface area contributed by atoms with Crippen molar-refractivity contribution < 1.29 is 19.4 Å². The Morgan fingerprint density at radius 1 is 1.27 bits per heavy atom. The topological polar surface area (TPSA) is 114 Å². The van der Waals surface area contributed by atoms with Gasteiger partial charge in [0.05, 0.1) is 7.11 Å². The Hall–Kier alpha value is -2.70. The average molecular weight is 307 g/mol. The third-order valence-corrected chi connectivity index (χ3v) is 2.83. The van der Waals surface area contributed by atoms with E-state index in [-0.39, 0.29) is 11.7 Å². The van der Waals surface area contributed by atoms with Crippen LogP contribution in [0.25, 0.3) is 6.08 Å². The van der Waals surface area contributed by atoms with Crippen LogP contribution in [0.3, 0.4) is 0 Å². The number of hydrogen-bond acceptors (Lipinski definition) is 4. The molecule has 0 saturated carbocycles. The third kappa shape index (κ3) is 6.65. The normalized spacial score (nSPS) is 10.4. The van der Waals surface area contributed by atoms with Crippen LogP contribution < -0.4 is 21.1 Å². The Morgan fingerprint density at radius 3 is 2.59 bits per heavy atom. The number of primary amides is 1. The maximum absolute atomic E-state index is 11.6. The Balaban J connectivity index is 2.31. The van der Waals surface area contributed by atoms with Gasteiger partial charge in [-0.05, 0) is 36.6 Å². The molecular formula is C15H21N3O4. The molecule has 1 aromatic rings. The number of aromatic hydroxyl groups is 1. The number of hydrogen-bond donors (Lipinski definition) is 4. The molecule has 0 saturated heterocycles. The zero-order valence-corrected chi connectivity index (χ0v) is 12.5. The molecule has 7 heteroatoms. The van der Waals surface area contributed by atoms with E-state index in [1.807, 2.05) is 0 Å². The lowest BCUT2D eigenvalue weighted by Crippen LogP contribution is -2.30. The lowest BCUT2D eigenvalue weighted by atomic mass is 10.2. The van der Waals surface area contributed by atoms with Crippen molar-refractivity contribution in [1.29, 1.82) is 0 Å². The summed E-state index contributed by atoms with van der Waals surface area (Å²) in [4.78, 5) is 22.0. The second-order valence-corrected chi connectivity index (χ2v) is 4.55. The van der Waals surface area contributed by atoms with Crippen molar-refractivity contribution in [3.05, 3.63) is 29.8 Å². The molecular weight excluding hydrogens is 286 g/mol. The minimum Gasteiger partial charge on any atom is -0.504 e. The predicted molar refractivity (Wildman–Crippen MR) is 83.5 cm³/mol. The van der Waals surface area contributed by atoms with Gasteiger partial charge in [0.1, 0.15) is 0 Å². The van der Waals surface area contributed by atoms with Crippen LogP contribution in [-0.4, -0.2) is 37.2 Å². The number of phenolic OH excluding ortho intramolecular Hbond substituents is 1. The van der Waals surface area contributed by atoms with E-state index >= 15 is 0 Å². The molecule has 7 nitrogen and oxygen atoms in total. The number of nitrogens with one attached hydrogen (secondary N) is 2. The summed E-state index contributed by atoms with van der Waals surface area (Å²) in [5, 5.41) is 14.7. The fourth-order valence-electron chi connectivity index (χ4n) is 1.70. The highest BCUT2D eigenvalue weighted by atomic mass is 16.5. The van der Waals surface area contributed by atoms with Crippen molar-refractivity contribution in [3.63, 3.8) is 0 Å². The largest absolute Gasteiger partial charge is 0.504 e. The van der Waals surface area contributed by atoms with Crippen LogP contribution in [0.4, 0.5) is 4.79 Å². The Labute approximate surface area is 129 Å². The van der Waals surface area contributed by atoms with Crippen LogP contribution in [0.15, 0.2) is 24.3 Å². The second-order valence-electron chi connectivity index (χ2n) is 4.55. The standard InChI is InChI=1S/C15H21N3O4/c1-22-13-10-11(4-6-12(13)19)5-7-14(20)17-8-2-3-9-18-15(16)21/h4-7,10,19H,2-3,8-9H2,1H3,(H,17,20)(H3,16,18,21)/b7-5+. The van der Waals surface area contributed by atoms with Gasteiger partial charge in [-0.25, -0.2) is 4.79 Å². The van der Waals surface area contributed by atoms with Gasteiger partial charge in [-0.15, -0.1) is 0 Å². The van der Waals surface area contributed by atoms with E-state index in [2.05, 4.69) is 10.6 Å². The monoisotopic (exact) mass is 307 g/mol. The minimum absolute atomic E-state index is 0.0497. The number of methoxy groups -OCH3 is 1. The lowest BCUT2D eigenvalue weighted by Gasteiger charge is -2.04. The fourth-order valence-corrected chi connectivity index (χ4v) is 1.70. The summed E-state index contributed by atoms with van der Waals surface area (Å²) >= 11 is 0. The minimum atomic E-state index is -0.545. The summed E-state index contributed by atoms with van der Waals surface area (Å²) in [7, 11) is 1.46. The van der Waals surface area contributed by atoms with Crippen LogP contribution in [0, 0.1) is 0 Å². The average Bonchev–Trinajstić information content (AvgIpc) is 2.49. The number of amides is 3. The first kappa shape index (κ1) is 17.4. The zero-order chi connectivity index (χ0) is 16.4. The molecule has 0 atom stereocenters. The van der Waals surface area contributed by atoms with Gasteiger partial charge < -0.3 is 26.2 Å². The number of carbonyl (C=O) groups is 2. The van der Waals surface area contributed by atoms with Crippen molar-refractivity contribution in [2.75, 3.05) is 20.2 Å². The Morgan fingerprint density at radius 2 is 1.95 bits per heavy atom. The SMILES string of the molecule is COc1cc(/C=C/C(=O)NCCCCNC(N)=O)ccc1O. The Bertz CT molecular complexity index is 544. The van der Waals surface area contributed by atoms with Crippen LogP contribution >= 0.6 is 0 Å². The maximum Gasteiger partial charge on any atom is 0.312 e. The van der Waals surface area contributed by atoms with Crippen molar-refractivity contribution >= 4 is 18.0 Å². The van der Waals surface area contributed by atoms with Gasteiger partial charge in [0, 0.05) is 19.2 Å². The molecule has 120 valence electrons. The number of carbonyl (C=O) groups excluding carboxylic acids is 2. The number of phenols is 1. The first-order chi connectivity index (χ1) is 10.5. The number of ether oxygens (including phenoxy) is 1. The second kappa shape index (κ2) is 9.28. The molecule has 3 amide bonds. The van der Waals surface area contributed by atoms with Gasteiger partial charge in [-0.1, -0.05) is 6.07 Å². The highest BCUT2D eigenvalue weighted by Gasteiger charge is 2.01. The molecule has 0 aliphatic rings. The van der Waals surface area contributed by atoms with Gasteiger partial charge in [0.15, 0.2) is 11.5 Å². The van der Waals surface area contributed by atoms with E-state index in [0.717, 1.165) is 18.4 Å². The number of rotatable bonds is 8. The first-order valence-corrected chi connectivity index (χ1v) is 6.89. The van der Waals surface area contributed by atoms with E-state index < -0.39 is 6.03 Å². The molecule has 1 aromatic carbocycles. The van der Waals surface area contributed by atoms with Crippen molar-refractivity contribution in [2.45, 2.75) is 12.8 Å². The van der Waals surface area contributed by atoms with Crippen molar-refractivity contribution in [2.24, 2.45) is 5.73 Å². The van der Waals surface area contributed by atoms with Crippen molar-refractivity contribution in [3.8, 4) is 11.5 Å². The molecule has 1 rings (SSSR count). The van der Waals surface area contributed by atoms with Gasteiger partial charge in [-0.2, -0.15) is 0 Å². The van der Waals surface area contributed by atoms with Gasteiger partial charge in [0.2, 0.25) is 5.91 Å². The van der Waals surface area contributed by atoms with Crippen LogP contribution in [0.1, 0.15) is 18.4 Å². The molecule has 0 fully saturated rings. The quantitative estimate of drug-likeness (QED) is 0.423. The summed E-state index contributed by atoms with van der Waals surface area (Å²) in [5.41, 5.74) is 5.67. The molecule has 0 spiro atoms. The highest BCUT2D eigenvalue weighted by molar-refractivity contribution is 5.91. The lowest BCUT2D eigenvalue weighted by molar-refractivity contribution is -0.116. The Kier molecular flexibility index (Phi) is 7.32. The van der Waals surface area contributed by atoms with Gasteiger partial charge in [0.25, 0.3) is 0 Å². The molecule has 22 heavy (non-hydrogen) atoms. The number of urea groups is 1. The molecule has 0 radical (unpaired) electrons. The van der Waals surface area contributed by atoms with E-state index in [9.17, 15) is 14.7 Å². The zero-order valence-electron chi connectivity index (χ0n) is 12.5. The highest BCUT2D eigenvalue weighted by Crippen LogP contribution is 2.26. The van der Waals surface area contributed by atoms with Crippen LogP contribution in [-0.2, 0) is 4.79 Å². The molecule has 0 bridgehead atoms. The molecule has 0 heterocycles. The fraction of sp³-hybridized carbons (Fsp3) is 0.333. The van der Waals surface area contributed by atoms with E-state index in [1.54, 1.807) is 18.2 Å². The molecule has 5 N–H and O–H groups in total. The third-order valence-electron chi connectivity index (χ3n) is 2.83. The van der Waals surface area contributed by atoms with Crippen LogP contribution in [0.2, 0.25) is 0 Å². The summed E-state index contributed by atoms with van der Waals surface area (Å²) < 4.78 is 4.99. The van der Waals surface area contributed by atoms with Gasteiger partial charge >= 0.3 is 6.03 Å².